The van der Waals surface area contributed by atoms with E-state index in [2.05, 4.69) is 22.4 Å². The van der Waals surface area contributed by atoms with E-state index < -0.39 is 0 Å². The van der Waals surface area contributed by atoms with Crippen LogP contribution in [0, 0.1) is 17.8 Å². The number of amides is 1. The summed E-state index contributed by atoms with van der Waals surface area (Å²) in [6.45, 7) is 2.16. The number of rotatable bonds is 7. The van der Waals surface area contributed by atoms with Gasteiger partial charge in [0.1, 0.15) is 0 Å². The number of benzene rings is 1. The Kier molecular flexibility index (Phi) is 5.37. The lowest BCUT2D eigenvalue weighted by atomic mass is 9.84. The average Bonchev–Trinajstić information content (AvgIpc) is 3.56. The third-order valence-corrected chi connectivity index (χ3v) is 7.47. The second kappa shape index (κ2) is 8.30. The molecular formula is C23H26N4O2S. The fourth-order valence-electron chi connectivity index (χ4n) is 5.18. The molecule has 0 saturated heterocycles. The normalized spacial score (nSPS) is 23.6. The molecule has 4 atom stereocenters. The molecule has 0 spiro atoms. The van der Waals surface area contributed by atoms with Gasteiger partial charge in [-0.3, -0.25) is 9.36 Å². The zero-order chi connectivity index (χ0) is 20.5. The predicted octanol–water partition coefficient (Wildman–Crippen LogP) is 4.56. The van der Waals surface area contributed by atoms with Crippen LogP contribution in [0.2, 0.25) is 0 Å². The van der Waals surface area contributed by atoms with Crippen molar-refractivity contribution in [3.63, 3.8) is 0 Å². The lowest BCUT2D eigenvalue weighted by Crippen LogP contribution is -2.40. The molecule has 4 unspecified atom stereocenters. The van der Waals surface area contributed by atoms with Crippen molar-refractivity contribution in [3.8, 4) is 17.3 Å². The van der Waals surface area contributed by atoms with E-state index in [9.17, 15) is 4.79 Å². The molecule has 2 aromatic heterocycles. The number of thioether (sulfide) groups is 1. The minimum absolute atomic E-state index is 0.0532. The van der Waals surface area contributed by atoms with E-state index >= 15 is 0 Å². The molecule has 7 heteroatoms. The molecular weight excluding hydrogens is 396 g/mol. The lowest BCUT2D eigenvalue weighted by molar-refractivity contribution is -0.119. The predicted molar refractivity (Wildman–Crippen MR) is 116 cm³/mol. The Morgan fingerprint density at radius 1 is 1.20 bits per heavy atom. The molecule has 2 bridgehead atoms. The van der Waals surface area contributed by atoms with Crippen LogP contribution in [0.1, 0.15) is 32.6 Å². The third kappa shape index (κ3) is 3.78. The van der Waals surface area contributed by atoms with Crippen molar-refractivity contribution in [1.29, 1.82) is 0 Å². The number of nitrogens with one attached hydrogen (secondary N) is 1. The van der Waals surface area contributed by atoms with Crippen molar-refractivity contribution in [2.45, 2.75) is 43.8 Å². The summed E-state index contributed by atoms with van der Waals surface area (Å²) in [7, 11) is 0. The first-order valence-electron chi connectivity index (χ1n) is 10.7. The third-order valence-electron chi connectivity index (χ3n) is 6.55. The Balaban J connectivity index is 1.28. The largest absolute Gasteiger partial charge is 0.461 e. The average molecular weight is 423 g/mol. The topological polar surface area (TPSA) is 73.0 Å². The number of carbonyl (C=O) groups excluding carboxylic acids is 1. The van der Waals surface area contributed by atoms with Gasteiger partial charge in [0.05, 0.1) is 12.0 Å². The van der Waals surface area contributed by atoms with Gasteiger partial charge in [-0.1, -0.05) is 36.4 Å². The smallest absolute Gasteiger partial charge is 0.230 e. The molecule has 30 heavy (non-hydrogen) atoms. The molecule has 2 saturated carbocycles. The number of aromatic nitrogens is 3. The van der Waals surface area contributed by atoms with Crippen LogP contribution in [0.15, 0.2) is 58.3 Å². The molecule has 2 heterocycles. The minimum Gasteiger partial charge on any atom is -0.461 e. The van der Waals surface area contributed by atoms with Gasteiger partial charge < -0.3 is 9.73 Å². The molecule has 3 aromatic rings. The lowest BCUT2D eigenvalue weighted by Gasteiger charge is -2.28. The quantitative estimate of drug-likeness (QED) is 0.565. The molecule has 6 nitrogen and oxygen atoms in total. The molecule has 5 rings (SSSR count). The highest BCUT2D eigenvalue weighted by molar-refractivity contribution is 7.99. The van der Waals surface area contributed by atoms with Crippen molar-refractivity contribution < 1.29 is 9.21 Å². The van der Waals surface area contributed by atoms with E-state index in [-0.39, 0.29) is 11.9 Å². The van der Waals surface area contributed by atoms with E-state index in [0.29, 0.717) is 28.4 Å². The van der Waals surface area contributed by atoms with Gasteiger partial charge in [0.25, 0.3) is 0 Å². The van der Waals surface area contributed by atoms with Gasteiger partial charge in [0.15, 0.2) is 10.9 Å². The van der Waals surface area contributed by atoms with Gasteiger partial charge in [-0.15, -0.1) is 10.2 Å². The van der Waals surface area contributed by atoms with Gasteiger partial charge in [0, 0.05) is 11.7 Å². The molecule has 156 valence electrons. The van der Waals surface area contributed by atoms with Crippen LogP contribution in [0.3, 0.4) is 0 Å². The van der Waals surface area contributed by atoms with E-state index in [4.69, 9.17) is 4.42 Å². The highest BCUT2D eigenvalue weighted by Gasteiger charge is 2.42. The van der Waals surface area contributed by atoms with Crippen LogP contribution >= 0.6 is 11.8 Å². The summed E-state index contributed by atoms with van der Waals surface area (Å²) < 4.78 is 7.48. The van der Waals surface area contributed by atoms with E-state index in [1.54, 1.807) is 6.26 Å². The summed E-state index contributed by atoms with van der Waals surface area (Å²) in [5, 5.41) is 12.6. The summed E-state index contributed by atoms with van der Waals surface area (Å²) in [5.41, 5.74) is 0.937. The second-order valence-electron chi connectivity index (χ2n) is 8.44. The summed E-state index contributed by atoms with van der Waals surface area (Å²) in [6, 6.07) is 13.8. The van der Waals surface area contributed by atoms with Crippen molar-refractivity contribution in [1.82, 2.24) is 20.1 Å². The van der Waals surface area contributed by atoms with Crippen molar-refractivity contribution >= 4 is 17.7 Å². The van der Waals surface area contributed by atoms with E-state index in [1.807, 2.05) is 47.0 Å². The number of nitrogens with zero attached hydrogens (tertiary/aromatic N) is 3. The Morgan fingerprint density at radius 3 is 2.77 bits per heavy atom. The first-order valence-corrected chi connectivity index (χ1v) is 11.6. The van der Waals surface area contributed by atoms with Gasteiger partial charge in [-0.25, -0.2) is 0 Å². The second-order valence-corrected chi connectivity index (χ2v) is 9.38. The molecule has 1 amide bonds. The standard InChI is InChI=1S/C23H26N4O2S/c1-15(19-13-16-9-10-17(19)12-16)24-21(28)14-30-23-26-25-22(20-8-5-11-29-20)27(23)18-6-3-2-4-7-18/h2-8,11,15-17,19H,9-10,12-14H2,1H3,(H,24,28). The number of hydrogen-bond acceptors (Lipinski definition) is 5. The maximum atomic E-state index is 12.7. The van der Waals surface area contributed by atoms with Crippen LogP contribution in [-0.4, -0.2) is 32.5 Å². The fourth-order valence-corrected chi connectivity index (χ4v) is 5.94. The number of para-hydroxylation sites is 1. The number of furan rings is 1. The van der Waals surface area contributed by atoms with Crippen molar-refractivity contribution in [2.75, 3.05) is 5.75 Å². The molecule has 2 aliphatic carbocycles. The maximum Gasteiger partial charge on any atom is 0.230 e. The highest BCUT2D eigenvalue weighted by atomic mass is 32.2. The summed E-state index contributed by atoms with van der Waals surface area (Å²) in [6.07, 6.45) is 6.96. The number of fused-ring (bicyclic) bond motifs is 2. The maximum absolute atomic E-state index is 12.7. The first-order chi connectivity index (χ1) is 14.7. The van der Waals surface area contributed by atoms with Crippen molar-refractivity contribution in [3.05, 3.63) is 48.7 Å². The molecule has 0 aliphatic heterocycles. The Morgan fingerprint density at radius 2 is 2.07 bits per heavy atom. The Bertz CT molecular complexity index is 1000. The van der Waals surface area contributed by atoms with Crippen LogP contribution < -0.4 is 5.32 Å². The van der Waals surface area contributed by atoms with Crippen LogP contribution in [0.5, 0.6) is 0 Å². The Hall–Kier alpha value is -2.54. The monoisotopic (exact) mass is 422 g/mol. The summed E-state index contributed by atoms with van der Waals surface area (Å²) >= 11 is 1.40. The number of hydrogen-bond donors (Lipinski definition) is 1. The van der Waals surface area contributed by atoms with Crippen LogP contribution in [0.25, 0.3) is 17.3 Å². The van der Waals surface area contributed by atoms with E-state index in [0.717, 1.165) is 17.5 Å². The number of carbonyl (C=O) groups is 1. The Labute approximate surface area is 180 Å². The fraction of sp³-hybridized carbons (Fsp3) is 0.435. The van der Waals surface area contributed by atoms with Crippen LogP contribution in [-0.2, 0) is 4.79 Å². The SMILES string of the molecule is CC(NC(=O)CSc1nnc(-c2ccco2)n1-c1ccccc1)C1CC2CCC1C2. The first kappa shape index (κ1) is 19.4. The van der Waals surface area contributed by atoms with Crippen LogP contribution in [0.4, 0.5) is 0 Å². The zero-order valence-electron chi connectivity index (χ0n) is 17.0. The highest BCUT2D eigenvalue weighted by Crippen LogP contribution is 2.49. The molecule has 1 aromatic carbocycles. The van der Waals surface area contributed by atoms with Gasteiger partial charge >= 0.3 is 0 Å². The molecule has 1 N–H and O–H groups in total. The van der Waals surface area contributed by atoms with E-state index in [1.165, 1.54) is 37.4 Å². The summed E-state index contributed by atoms with van der Waals surface area (Å²) in [4.78, 5) is 12.7. The van der Waals surface area contributed by atoms with Gasteiger partial charge in [-0.2, -0.15) is 0 Å². The summed E-state index contributed by atoms with van der Waals surface area (Å²) in [5.74, 6) is 3.97. The molecule has 2 aliphatic rings. The zero-order valence-corrected chi connectivity index (χ0v) is 17.8. The van der Waals surface area contributed by atoms with Crippen molar-refractivity contribution in [2.24, 2.45) is 17.8 Å². The molecule has 2 fully saturated rings. The minimum atomic E-state index is 0.0532. The van der Waals surface area contributed by atoms with Gasteiger partial charge in [-0.05, 0) is 68.2 Å². The molecule has 0 radical (unpaired) electrons. The van der Waals surface area contributed by atoms with Gasteiger partial charge in [0.2, 0.25) is 11.7 Å².